The molecule has 3 N–H and O–H groups in total. The van der Waals surface area contributed by atoms with Crippen LogP contribution in [0.5, 0.6) is 0 Å². The van der Waals surface area contributed by atoms with Crippen LogP contribution in [-0.4, -0.2) is 40.3 Å². The summed E-state index contributed by atoms with van der Waals surface area (Å²) >= 11 is 0. The lowest BCUT2D eigenvalue weighted by molar-refractivity contribution is -0.132. The van der Waals surface area contributed by atoms with Crippen molar-refractivity contribution in [3.05, 3.63) is 70.9 Å². The first-order valence-electron chi connectivity index (χ1n) is 11.6. The lowest BCUT2D eigenvalue weighted by atomic mass is 9.89. The molecule has 2 unspecified atom stereocenters. The van der Waals surface area contributed by atoms with Gasteiger partial charge in [0.2, 0.25) is 5.91 Å². The SMILES string of the molecule is CC(NC(=O)CN1C(=O)NC(Cc2c[nH]c3ccccc23)C1=O)c1ccc2c(c1)CCCC2. The molecule has 0 spiro atoms. The Hall–Kier alpha value is -3.61. The molecule has 1 aliphatic heterocycles. The number of carbonyl (C=O) groups is 3. The van der Waals surface area contributed by atoms with E-state index in [1.807, 2.05) is 37.4 Å². The second-order valence-electron chi connectivity index (χ2n) is 9.01. The fraction of sp³-hybridized carbons (Fsp3) is 0.346. The number of H-pyrrole nitrogens is 1. The zero-order valence-corrected chi connectivity index (χ0v) is 18.7. The van der Waals surface area contributed by atoms with E-state index in [1.54, 1.807) is 0 Å². The molecular weight excluding hydrogens is 416 g/mol. The van der Waals surface area contributed by atoms with Crippen LogP contribution in [0.1, 0.15) is 48.1 Å². The van der Waals surface area contributed by atoms with Crippen LogP contribution in [0.2, 0.25) is 0 Å². The predicted molar refractivity (Wildman–Crippen MR) is 126 cm³/mol. The molecular formula is C26H28N4O3. The smallest absolute Gasteiger partial charge is 0.325 e. The van der Waals surface area contributed by atoms with Crippen LogP contribution in [0, 0.1) is 0 Å². The van der Waals surface area contributed by atoms with Gasteiger partial charge in [-0.15, -0.1) is 0 Å². The van der Waals surface area contributed by atoms with Gasteiger partial charge >= 0.3 is 6.03 Å². The van der Waals surface area contributed by atoms with Gasteiger partial charge in [0.25, 0.3) is 5.91 Å². The van der Waals surface area contributed by atoms with Crippen LogP contribution in [-0.2, 0) is 28.9 Å². The van der Waals surface area contributed by atoms with Gasteiger partial charge in [0.1, 0.15) is 12.6 Å². The largest absolute Gasteiger partial charge is 0.361 e. The molecule has 5 rings (SSSR count). The fourth-order valence-corrected chi connectivity index (χ4v) is 4.92. The number of aryl methyl sites for hydroxylation is 2. The van der Waals surface area contributed by atoms with Crippen molar-refractivity contribution in [2.24, 2.45) is 0 Å². The average Bonchev–Trinajstić information content (AvgIpc) is 3.35. The van der Waals surface area contributed by atoms with Gasteiger partial charge in [0.05, 0.1) is 6.04 Å². The highest BCUT2D eigenvalue weighted by atomic mass is 16.2. The van der Waals surface area contributed by atoms with Crippen molar-refractivity contribution in [3.8, 4) is 0 Å². The summed E-state index contributed by atoms with van der Waals surface area (Å²) in [6.07, 6.45) is 6.85. The van der Waals surface area contributed by atoms with Gasteiger partial charge in [-0.05, 0) is 60.9 Å². The Bertz CT molecular complexity index is 1230. The number of carbonyl (C=O) groups excluding carboxylic acids is 3. The fourth-order valence-electron chi connectivity index (χ4n) is 4.92. The van der Waals surface area contributed by atoms with E-state index in [0.29, 0.717) is 6.42 Å². The van der Waals surface area contributed by atoms with E-state index in [-0.39, 0.29) is 24.4 Å². The third-order valence-corrected chi connectivity index (χ3v) is 6.76. The second-order valence-corrected chi connectivity index (χ2v) is 9.01. The molecule has 33 heavy (non-hydrogen) atoms. The quantitative estimate of drug-likeness (QED) is 0.509. The number of rotatable bonds is 6. The van der Waals surface area contributed by atoms with E-state index in [1.165, 1.54) is 24.0 Å². The van der Waals surface area contributed by atoms with Gasteiger partial charge in [-0.25, -0.2) is 4.79 Å². The summed E-state index contributed by atoms with van der Waals surface area (Å²) in [7, 11) is 0. The van der Waals surface area contributed by atoms with E-state index in [9.17, 15) is 14.4 Å². The van der Waals surface area contributed by atoms with Crippen molar-refractivity contribution < 1.29 is 14.4 Å². The number of fused-ring (bicyclic) bond motifs is 2. The maximum absolute atomic E-state index is 12.9. The van der Waals surface area contributed by atoms with Gasteiger partial charge in [0, 0.05) is 23.5 Å². The van der Waals surface area contributed by atoms with Crippen molar-refractivity contribution in [3.63, 3.8) is 0 Å². The molecule has 2 aromatic carbocycles. The highest BCUT2D eigenvalue weighted by Gasteiger charge is 2.39. The molecule has 2 aliphatic rings. The number of nitrogens with one attached hydrogen (secondary N) is 3. The standard InChI is InChI=1S/C26H28N4O3/c1-16(18-11-10-17-6-2-3-7-19(17)12-18)28-24(31)15-30-25(32)23(29-26(30)33)13-20-14-27-22-9-5-4-8-21(20)22/h4-5,8-12,14,16,23,27H,2-3,6-7,13,15H2,1H3,(H,28,31)(H,29,33). The minimum absolute atomic E-state index is 0.201. The molecule has 3 aromatic rings. The normalized spacial score (nSPS) is 18.8. The van der Waals surface area contributed by atoms with Gasteiger partial charge in [-0.2, -0.15) is 0 Å². The van der Waals surface area contributed by atoms with Crippen molar-refractivity contribution in [2.45, 2.75) is 51.1 Å². The Labute approximate surface area is 192 Å². The molecule has 4 amide bonds. The van der Waals surface area contributed by atoms with Crippen LogP contribution in [0.15, 0.2) is 48.7 Å². The zero-order valence-electron chi connectivity index (χ0n) is 18.7. The molecule has 2 atom stereocenters. The van der Waals surface area contributed by atoms with Crippen LogP contribution in [0.3, 0.4) is 0 Å². The molecule has 1 fully saturated rings. The summed E-state index contributed by atoms with van der Waals surface area (Å²) in [6.45, 7) is 1.64. The summed E-state index contributed by atoms with van der Waals surface area (Å²) in [4.78, 5) is 42.2. The molecule has 7 heteroatoms. The number of aromatic nitrogens is 1. The summed E-state index contributed by atoms with van der Waals surface area (Å²) in [5, 5.41) is 6.69. The van der Waals surface area contributed by atoms with E-state index in [4.69, 9.17) is 0 Å². The third kappa shape index (κ3) is 4.23. The van der Waals surface area contributed by atoms with E-state index >= 15 is 0 Å². The van der Waals surface area contributed by atoms with Gasteiger partial charge in [-0.3, -0.25) is 14.5 Å². The van der Waals surface area contributed by atoms with Gasteiger partial charge < -0.3 is 15.6 Å². The van der Waals surface area contributed by atoms with Crippen LogP contribution < -0.4 is 10.6 Å². The Morgan fingerprint density at radius 3 is 2.76 bits per heavy atom. The van der Waals surface area contributed by atoms with Crippen molar-refractivity contribution in [2.75, 3.05) is 6.54 Å². The van der Waals surface area contributed by atoms with Crippen LogP contribution >= 0.6 is 0 Å². The topological polar surface area (TPSA) is 94.3 Å². The second kappa shape index (κ2) is 8.73. The summed E-state index contributed by atoms with van der Waals surface area (Å²) in [5.74, 6) is -0.724. The molecule has 1 aromatic heterocycles. The summed E-state index contributed by atoms with van der Waals surface area (Å²) in [6, 6.07) is 12.8. The minimum atomic E-state index is -0.678. The van der Waals surface area contributed by atoms with Crippen molar-refractivity contribution >= 4 is 28.7 Å². The molecule has 1 aliphatic carbocycles. The highest BCUT2D eigenvalue weighted by Crippen LogP contribution is 2.25. The average molecular weight is 445 g/mol. The van der Waals surface area contributed by atoms with Crippen LogP contribution in [0.25, 0.3) is 10.9 Å². The Morgan fingerprint density at radius 2 is 1.91 bits per heavy atom. The first-order chi connectivity index (χ1) is 16.0. The highest BCUT2D eigenvalue weighted by molar-refractivity contribution is 6.06. The molecule has 2 heterocycles. The monoisotopic (exact) mass is 444 g/mol. The maximum atomic E-state index is 12.9. The molecule has 170 valence electrons. The number of urea groups is 1. The first kappa shape index (κ1) is 21.2. The Kier molecular flexibility index (Phi) is 5.62. The molecule has 7 nitrogen and oxygen atoms in total. The number of aromatic amines is 1. The summed E-state index contributed by atoms with van der Waals surface area (Å²) < 4.78 is 0. The van der Waals surface area contributed by atoms with Crippen LogP contribution in [0.4, 0.5) is 4.79 Å². The van der Waals surface area contributed by atoms with Crippen molar-refractivity contribution in [1.82, 2.24) is 20.5 Å². The number of hydrogen-bond acceptors (Lipinski definition) is 3. The third-order valence-electron chi connectivity index (χ3n) is 6.76. The first-order valence-corrected chi connectivity index (χ1v) is 11.6. The summed E-state index contributed by atoms with van der Waals surface area (Å²) in [5.41, 5.74) is 5.73. The number of nitrogens with zero attached hydrogens (tertiary/aromatic N) is 1. The van der Waals surface area contributed by atoms with Crippen molar-refractivity contribution in [1.29, 1.82) is 0 Å². The van der Waals surface area contributed by atoms with Gasteiger partial charge in [-0.1, -0.05) is 36.4 Å². The predicted octanol–water partition coefficient (Wildman–Crippen LogP) is 3.39. The number of amides is 4. The Morgan fingerprint density at radius 1 is 1.12 bits per heavy atom. The number of imide groups is 1. The van der Waals surface area contributed by atoms with Gasteiger partial charge in [0.15, 0.2) is 0 Å². The number of benzene rings is 2. The molecule has 0 radical (unpaired) electrons. The molecule has 0 saturated carbocycles. The van der Waals surface area contributed by atoms with E-state index in [2.05, 4.69) is 33.8 Å². The minimum Gasteiger partial charge on any atom is -0.361 e. The Balaban J connectivity index is 1.21. The maximum Gasteiger partial charge on any atom is 0.325 e. The number of hydrogen-bond donors (Lipinski definition) is 3. The zero-order chi connectivity index (χ0) is 22.9. The molecule has 1 saturated heterocycles. The van der Waals surface area contributed by atoms with E-state index < -0.39 is 12.1 Å². The molecule has 0 bridgehead atoms. The lowest BCUT2D eigenvalue weighted by Crippen LogP contribution is -2.42. The number of para-hydroxylation sites is 1. The lowest BCUT2D eigenvalue weighted by Gasteiger charge is -2.21. The van der Waals surface area contributed by atoms with E-state index in [0.717, 1.165) is 39.8 Å².